The van der Waals surface area contributed by atoms with Crippen LogP contribution in [0.25, 0.3) is 0 Å². The molecule has 1 amide bonds. The van der Waals surface area contributed by atoms with E-state index < -0.39 is 6.04 Å². The van der Waals surface area contributed by atoms with Crippen LogP contribution in [0.4, 0.5) is 15.8 Å². The minimum Gasteiger partial charge on any atom is -0.399 e. The van der Waals surface area contributed by atoms with Gasteiger partial charge in [-0.15, -0.1) is 0 Å². The topological polar surface area (TPSA) is 58.7 Å². The molecule has 2 aromatic carbocycles. The number of rotatable bonds is 2. The number of halogens is 1. The van der Waals surface area contributed by atoms with Crippen LogP contribution < -0.4 is 10.6 Å². The van der Waals surface area contributed by atoms with Gasteiger partial charge >= 0.3 is 0 Å². The van der Waals surface area contributed by atoms with Crippen LogP contribution in [0.3, 0.4) is 0 Å². The zero-order valence-electron chi connectivity index (χ0n) is 13.1. The van der Waals surface area contributed by atoms with Gasteiger partial charge in [0, 0.05) is 23.9 Å². The highest BCUT2D eigenvalue weighted by Gasteiger charge is 2.29. The Balaban J connectivity index is 2.31. The summed E-state index contributed by atoms with van der Waals surface area (Å²) in [6.45, 7) is 1.89. The van der Waals surface area contributed by atoms with Crippen LogP contribution >= 0.6 is 0 Å². The molecular weight excluding hydrogens is 293 g/mol. The van der Waals surface area contributed by atoms with Crippen LogP contribution in [-0.4, -0.2) is 24.7 Å². The van der Waals surface area contributed by atoms with Crippen LogP contribution in [0, 0.1) is 5.82 Å². The number of nitrogens with two attached hydrogens (primary N) is 1. The Hall–Kier alpha value is -2.69. The molecule has 3 rings (SSSR count). The monoisotopic (exact) mass is 311 g/mol. The Kier molecular flexibility index (Phi) is 3.86. The molecule has 0 aliphatic carbocycles. The molecule has 1 heterocycles. The number of hydrogen-bond donors (Lipinski definition) is 1. The average Bonchev–Trinajstić information content (AvgIpc) is 2.65. The predicted molar refractivity (Wildman–Crippen MR) is 90.4 cm³/mol. The zero-order valence-corrected chi connectivity index (χ0v) is 13.1. The van der Waals surface area contributed by atoms with Crippen molar-refractivity contribution in [1.29, 1.82) is 0 Å². The molecule has 0 bridgehead atoms. The van der Waals surface area contributed by atoms with Crippen molar-refractivity contribution in [2.75, 3.05) is 17.7 Å². The minimum atomic E-state index is -0.539. The van der Waals surface area contributed by atoms with E-state index in [1.165, 1.54) is 6.07 Å². The van der Waals surface area contributed by atoms with Crippen LogP contribution in [0.5, 0.6) is 0 Å². The van der Waals surface area contributed by atoms with Gasteiger partial charge in [0.15, 0.2) is 0 Å². The first-order valence-corrected chi connectivity index (χ1v) is 7.53. The molecule has 4 nitrogen and oxygen atoms in total. The van der Waals surface area contributed by atoms with E-state index in [4.69, 9.17) is 5.73 Å². The standard InChI is InChI=1S/C18H18FN3O/c1-3-15-18(23)22(2)16-9-8-11(20)10-13(16)17(21-15)12-6-4-5-7-14(12)19/h4-10,15H,3,20H2,1-2H3. The first-order valence-electron chi connectivity index (χ1n) is 7.53. The molecule has 0 spiro atoms. The molecule has 118 valence electrons. The van der Waals surface area contributed by atoms with Crippen molar-refractivity contribution >= 4 is 23.0 Å². The summed E-state index contributed by atoms with van der Waals surface area (Å²) in [4.78, 5) is 18.7. The smallest absolute Gasteiger partial charge is 0.251 e. The number of amides is 1. The van der Waals surface area contributed by atoms with E-state index in [2.05, 4.69) is 4.99 Å². The maximum atomic E-state index is 14.3. The van der Waals surface area contributed by atoms with Gasteiger partial charge < -0.3 is 10.6 Å². The van der Waals surface area contributed by atoms with Crippen molar-refractivity contribution in [1.82, 2.24) is 0 Å². The Morgan fingerprint density at radius 2 is 1.96 bits per heavy atom. The summed E-state index contributed by atoms with van der Waals surface area (Å²) < 4.78 is 14.3. The van der Waals surface area contributed by atoms with Gasteiger partial charge in [-0.2, -0.15) is 0 Å². The molecule has 0 saturated heterocycles. The summed E-state index contributed by atoms with van der Waals surface area (Å²) in [7, 11) is 1.71. The highest BCUT2D eigenvalue weighted by atomic mass is 19.1. The van der Waals surface area contributed by atoms with Gasteiger partial charge in [0.1, 0.15) is 11.9 Å². The molecule has 0 aromatic heterocycles. The number of nitrogen functional groups attached to an aromatic ring is 1. The van der Waals surface area contributed by atoms with Crippen molar-refractivity contribution < 1.29 is 9.18 Å². The Labute approximate surface area is 134 Å². The van der Waals surface area contributed by atoms with E-state index in [-0.39, 0.29) is 11.7 Å². The highest BCUT2D eigenvalue weighted by molar-refractivity contribution is 6.20. The third-order valence-electron chi connectivity index (χ3n) is 4.05. The Morgan fingerprint density at radius 1 is 1.22 bits per heavy atom. The maximum Gasteiger partial charge on any atom is 0.251 e. The highest BCUT2D eigenvalue weighted by Crippen LogP contribution is 2.30. The van der Waals surface area contributed by atoms with Gasteiger partial charge in [-0.25, -0.2) is 4.39 Å². The van der Waals surface area contributed by atoms with Crippen molar-refractivity contribution in [3.05, 3.63) is 59.4 Å². The van der Waals surface area contributed by atoms with Crippen molar-refractivity contribution in [2.45, 2.75) is 19.4 Å². The third-order valence-corrected chi connectivity index (χ3v) is 4.05. The number of benzodiazepines with no additional fused rings is 1. The number of aliphatic imine (C=N–C) groups is 1. The lowest BCUT2D eigenvalue weighted by atomic mass is 9.99. The molecule has 1 unspecified atom stereocenters. The fraction of sp³-hybridized carbons (Fsp3) is 0.222. The maximum absolute atomic E-state index is 14.3. The van der Waals surface area contributed by atoms with Gasteiger partial charge in [-0.1, -0.05) is 19.1 Å². The fourth-order valence-electron chi connectivity index (χ4n) is 2.79. The number of anilines is 2. The molecule has 2 N–H and O–H groups in total. The SMILES string of the molecule is CCC1N=C(c2ccccc2F)c2cc(N)ccc2N(C)C1=O. The number of likely N-dealkylation sites (N-methyl/N-ethyl adjacent to an activating group) is 1. The molecule has 1 atom stereocenters. The minimum absolute atomic E-state index is 0.107. The number of nitrogens with zero attached hydrogens (tertiary/aromatic N) is 2. The van der Waals surface area contributed by atoms with Crippen LogP contribution in [-0.2, 0) is 4.79 Å². The summed E-state index contributed by atoms with van der Waals surface area (Å²) in [6, 6.07) is 11.1. The molecule has 0 radical (unpaired) electrons. The summed E-state index contributed by atoms with van der Waals surface area (Å²) >= 11 is 0. The van der Waals surface area contributed by atoms with Crippen molar-refractivity contribution in [3.8, 4) is 0 Å². The second-order valence-electron chi connectivity index (χ2n) is 5.56. The third kappa shape index (κ3) is 2.59. The van der Waals surface area contributed by atoms with Crippen molar-refractivity contribution in [3.63, 3.8) is 0 Å². The number of carbonyl (C=O) groups excluding carboxylic acids is 1. The molecule has 0 fully saturated rings. The first kappa shape index (κ1) is 15.2. The predicted octanol–water partition coefficient (Wildman–Crippen LogP) is 3.00. The van der Waals surface area contributed by atoms with Crippen LogP contribution in [0.1, 0.15) is 24.5 Å². The normalized spacial score (nSPS) is 17.5. The molecule has 0 saturated carbocycles. The van der Waals surface area contributed by atoms with Gasteiger partial charge in [-0.05, 0) is 36.8 Å². The zero-order chi connectivity index (χ0) is 16.6. The summed E-state index contributed by atoms with van der Waals surface area (Å²) in [5, 5.41) is 0. The van der Waals surface area contributed by atoms with Crippen LogP contribution in [0.2, 0.25) is 0 Å². The van der Waals surface area contributed by atoms with Gasteiger partial charge in [0.25, 0.3) is 5.91 Å². The molecular formula is C18H18FN3O. The summed E-state index contributed by atoms with van der Waals surface area (Å²) in [6.07, 6.45) is 0.546. The largest absolute Gasteiger partial charge is 0.399 e. The Bertz CT molecular complexity index is 801. The van der Waals surface area contributed by atoms with Crippen LogP contribution in [0.15, 0.2) is 47.5 Å². The van der Waals surface area contributed by atoms with E-state index in [0.717, 1.165) is 0 Å². The number of benzene rings is 2. The summed E-state index contributed by atoms with van der Waals surface area (Å²) in [5.74, 6) is -0.476. The molecule has 1 aliphatic heterocycles. The first-order chi connectivity index (χ1) is 11.0. The van der Waals surface area contributed by atoms with E-state index >= 15 is 0 Å². The van der Waals surface area contributed by atoms with Gasteiger partial charge in [-0.3, -0.25) is 9.79 Å². The number of hydrogen-bond acceptors (Lipinski definition) is 3. The average molecular weight is 311 g/mol. The lowest BCUT2D eigenvalue weighted by Gasteiger charge is -2.20. The second kappa shape index (κ2) is 5.83. The van der Waals surface area contributed by atoms with Gasteiger partial charge in [0.05, 0.1) is 11.4 Å². The van der Waals surface area contributed by atoms with E-state index in [1.807, 2.05) is 6.92 Å². The lowest BCUT2D eigenvalue weighted by Crippen LogP contribution is -2.34. The van der Waals surface area contributed by atoms with Crippen molar-refractivity contribution in [2.24, 2.45) is 4.99 Å². The van der Waals surface area contributed by atoms with E-state index in [9.17, 15) is 9.18 Å². The fourth-order valence-corrected chi connectivity index (χ4v) is 2.79. The van der Waals surface area contributed by atoms with E-state index in [0.29, 0.717) is 34.6 Å². The van der Waals surface area contributed by atoms with Gasteiger partial charge in [0.2, 0.25) is 0 Å². The number of fused-ring (bicyclic) bond motifs is 1. The quantitative estimate of drug-likeness (QED) is 0.867. The van der Waals surface area contributed by atoms with E-state index in [1.54, 1.807) is 48.3 Å². The molecule has 1 aliphatic rings. The second-order valence-corrected chi connectivity index (χ2v) is 5.56. The summed E-state index contributed by atoms with van der Waals surface area (Å²) in [5.41, 5.74) is 8.65. The molecule has 5 heteroatoms. The number of carbonyl (C=O) groups is 1. The lowest BCUT2D eigenvalue weighted by molar-refractivity contribution is -0.119. The Morgan fingerprint density at radius 3 is 2.65 bits per heavy atom. The molecule has 2 aromatic rings. The molecule has 23 heavy (non-hydrogen) atoms.